The molecule has 5 nitrogen and oxygen atoms in total. The molecule has 0 aliphatic carbocycles. The Morgan fingerprint density at radius 2 is 1.88 bits per heavy atom. The summed E-state index contributed by atoms with van der Waals surface area (Å²) < 4.78 is 30.5. The number of benzene rings is 2. The molecule has 1 amide bonds. The number of likely N-dealkylation sites (N-methyl/N-ethyl adjacent to an activating group) is 1. The molecule has 1 aromatic heterocycles. The predicted octanol–water partition coefficient (Wildman–Crippen LogP) is 5.16. The minimum Gasteiger partial charge on any atom is -0.358 e. The molecule has 0 fully saturated rings. The predicted molar refractivity (Wildman–Crippen MR) is 129 cm³/mol. The van der Waals surface area contributed by atoms with Gasteiger partial charge in [0.1, 0.15) is 23.5 Å². The minimum atomic E-state index is -0.556. The van der Waals surface area contributed by atoms with Gasteiger partial charge in [-0.2, -0.15) is 0 Å². The molecular weight excluding hydrogens is 458 g/mol. The maximum absolute atomic E-state index is 14.2. The van der Waals surface area contributed by atoms with Gasteiger partial charge in [0.15, 0.2) is 5.15 Å². The van der Waals surface area contributed by atoms with Crippen LogP contribution in [0.1, 0.15) is 53.6 Å². The molecule has 2 heterocycles. The first-order chi connectivity index (χ1) is 16.3. The Morgan fingerprint density at radius 3 is 2.50 bits per heavy atom. The van der Waals surface area contributed by atoms with Gasteiger partial charge < -0.3 is 9.88 Å². The summed E-state index contributed by atoms with van der Waals surface area (Å²) in [5, 5.41) is 3.21. The zero-order valence-electron chi connectivity index (χ0n) is 19.6. The van der Waals surface area contributed by atoms with Crippen LogP contribution in [0.2, 0.25) is 5.15 Å². The number of hydrogen-bond acceptors (Lipinski definition) is 3. The summed E-state index contributed by atoms with van der Waals surface area (Å²) in [6.07, 6.45) is 1.68. The van der Waals surface area contributed by atoms with Crippen LogP contribution >= 0.6 is 11.6 Å². The van der Waals surface area contributed by atoms with E-state index in [0.717, 1.165) is 23.5 Å². The van der Waals surface area contributed by atoms with Crippen molar-refractivity contribution >= 4 is 17.5 Å². The number of nitrogens with one attached hydrogen (secondary N) is 1. The molecule has 180 valence electrons. The summed E-state index contributed by atoms with van der Waals surface area (Å²) in [7, 11) is 1.63. The molecule has 34 heavy (non-hydrogen) atoms. The molecule has 1 aliphatic rings. The van der Waals surface area contributed by atoms with E-state index in [1.807, 2.05) is 37.3 Å². The Kier molecular flexibility index (Phi) is 7.33. The molecule has 3 aromatic rings. The molecule has 0 spiro atoms. The molecule has 8 heteroatoms. The summed E-state index contributed by atoms with van der Waals surface area (Å²) in [4.78, 5) is 19.8. The van der Waals surface area contributed by atoms with E-state index < -0.39 is 17.7 Å². The van der Waals surface area contributed by atoms with Crippen molar-refractivity contribution in [1.29, 1.82) is 0 Å². The van der Waals surface area contributed by atoms with E-state index in [0.29, 0.717) is 36.6 Å². The van der Waals surface area contributed by atoms with Crippen LogP contribution < -0.4 is 5.32 Å². The molecule has 1 N–H and O–H groups in total. The van der Waals surface area contributed by atoms with Crippen molar-refractivity contribution in [3.8, 4) is 0 Å². The summed E-state index contributed by atoms with van der Waals surface area (Å²) in [6, 6.07) is 11.6. The smallest absolute Gasteiger partial charge is 0.241 e. The van der Waals surface area contributed by atoms with Crippen LogP contribution in [-0.4, -0.2) is 34.0 Å². The normalized spacial score (nSPS) is 16.8. The van der Waals surface area contributed by atoms with Crippen molar-refractivity contribution in [2.75, 3.05) is 13.6 Å². The number of carbonyl (C=O) groups excluding carboxylic acids is 1. The number of hydrogen-bond donors (Lipinski definition) is 1. The fourth-order valence-corrected chi connectivity index (χ4v) is 5.19. The van der Waals surface area contributed by atoms with Crippen LogP contribution in [0.4, 0.5) is 8.78 Å². The van der Waals surface area contributed by atoms with E-state index in [-0.39, 0.29) is 17.5 Å². The van der Waals surface area contributed by atoms with E-state index in [2.05, 4.69) is 19.8 Å². The van der Waals surface area contributed by atoms with Gasteiger partial charge in [-0.1, -0.05) is 48.9 Å². The third-order valence-corrected chi connectivity index (χ3v) is 6.92. The Morgan fingerprint density at radius 1 is 1.21 bits per heavy atom. The van der Waals surface area contributed by atoms with Gasteiger partial charge in [0.2, 0.25) is 5.91 Å². The quantitative estimate of drug-likeness (QED) is 0.501. The van der Waals surface area contributed by atoms with Crippen molar-refractivity contribution in [3.05, 3.63) is 87.5 Å². The lowest BCUT2D eigenvalue weighted by molar-refractivity contribution is -0.128. The number of fused-ring (bicyclic) bond motifs is 1. The van der Waals surface area contributed by atoms with E-state index >= 15 is 0 Å². The number of carbonyl (C=O) groups is 1. The van der Waals surface area contributed by atoms with Gasteiger partial charge >= 0.3 is 0 Å². The highest BCUT2D eigenvalue weighted by Crippen LogP contribution is 2.40. The number of amides is 1. The van der Waals surface area contributed by atoms with Crippen LogP contribution in [0.5, 0.6) is 0 Å². The molecular formula is C26H29ClF2N4O. The third-order valence-electron chi connectivity index (χ3n) is 6.64. The van der Waals surface area contributed by atoms with Crippen molar-refractivity contribution in [2.24, 2.45) is 0 Å². The maximum Gasteiger partial charge on any atom is 0.241 e. The second-order valence-corrected chi connectivity index (χ2v) is 8.97. The second-order valence-electron chi connectivity index (χ2n) is 8.61. The number of aryl methyl sites for hydroxylation is 2. The van der Waals surface area contributed by atoms with Crippen molar-refractivity contribution in [2.45, 2.75) is 51.7 Å². The summed E-state index contributed by atoms with van der Waals surface area (Å²) >= 11 is 6.64. The van der Waals surface area contributed by atoms with E-state index in [1.54, 1.807) is 7.05 Å². The summed E-state index contributed by atoms with van der Waals surface area (Å²) in [5.74, 6) is -0.338. The lowest BCUT2D eigenvalue weighted by Crippen LogP contribution is -2.46. The average Bonchev–Trinajstić information content (AvgIpc) is 3.18. The minimum absolute atomic E-state index is 0.0144. The van der Waals surface area contributed by atoms with Crippen LogP contribution in [0.25, 0.3) is 0 Å². The highest BCUT2D eigenvalue weighted by molar-refractivity contribution is 6.30. The highest BCUT2D eigenvalue weighted by atomic mass is 35.5. The Balaban J connectivity index is 1.75. The first-order valence-electron chi connectivity index (χ1n) is 11.6. The van der Waals surface area contributed by atoms with Gasteiger partial charge in [-0.25, -0.2) is 13.8 Å². The van der Waals surface area contributed by atoms with Gasteiger partial charge in [-0.3, -0.25) is 9.69 Å². The van der Waals surface area contributed by atoms with Crippen molar-refractivity contribution < 1.29 is 13.6 Å². The third kappa shape index (κ3) is 4.59. The highest BCUT2D eigenvalue weighted by Gasteiger charge is 2.39. The second kappa shape index (κ2) is 10.2. The zero-order chi connectivity index (χ0) is 24.4. The van der Waals surface area contributed by atoms with Gasteiger partial charge in [0.25, 0.3) is 0 Å². The molecule has 0 bridgehead atoms. The Hall–Kier alpha value is -2.77. The average molecular weight is 487 g/mol. The number of aromatic nitrogens is 2. The molecule has 4 rings (SSSR count). The number of nitrogens with zero attached hydrogens (tertiary/aromatic N) is 3. The molecule has 0 saturated carbocycles. The van der Waals surface area contributed by atoms with Crippen molar-refractivity contribution in [3.63, 3.8) is 0 Å². The fourth-order valence-electron chi connectivity index (χ4n) is 4.87. The summed E-state index contributed by atoms with van der Waals surface area (Å²) in [6.45, 7) is 4.72. The molecule has 2 atom stereocenters. The van der Waals surface area contributed by atoms with Gasteiger partial charge in [0.05, 0.1) is 11.7 Å². The fraction of sp³-hybridized carbons (Fsp3) is 0.385. The van der Waals surface area contributed by atoms with Crippen LogP contribution in [0.3, 0.4) is 0 Å². The monoisotopic (exact) mass is 486 g/mol. The van der Waals surface area contributed by atoms with Crippen molar-refractivity contribution in [1.82, 2.24) is 19.8 Å². The van der Waals surface area contributed by atoms with E-state index in [1.165, 1.54) is 19.1 Å². The first kappa shape index (κ1) is 24.4. The van der Waals surface area contributed by atoms with Crippen LogP contribution in [0, 0.1) is 18.6 Å². The van der Waals surface area contributed by atoms with E-state index in [4.69, 9.17) is 11.6 Å². The van der Waals surface area contributed by atoms with Gasteiger partial charge in [0, 0.05) is 32.1 Å². The zero-order valence-corrected chi connectivity index (χ0v) is 20.4. The van der Waals surface area contributed by atoms with Gasteiger partial charge in [-0.05, 0) is 43.0 Å². The Labute approximate surface area is 203 Å². The Bertz CT molecular complexity index is 1160. The number of halogens is 3. The first-order valence-corrected chi connectivity index (χ1v) is 11.9. The lowest BCUT2D eigenvalue weighted by atomic mass is 9.95. The largest absolute Gasteiger partial charge is 0.358 e. The molecule has 0 radical (unpaired) electrons. The maximum atomic E-state index is 14.2. The number of rotatable bonds is 7. The van der Waals surface area contributed by atoms with Crippen LogP contribution in [-0.2, 0) is 24.2 Å². The molecule has 2 aromatic carbocycles. The molecule has 0 saturated heterocycles. The van der Waals surface area contributed by atoms with E-state index in [9.17, 15) is 13.6 Å². The number of imidazole rings is 1. The van der Waals surface area contributed by atoms with Gasteiger partial charge in [-0.15, -0.1) is 0 Å². The standard InChI is InChI=1S/C26H29ClF2N4O/c1-4-22-31-25(27)24-21(11-10-17-14-19(28)16(2)20(29)15-17)32(12-13-33(22)24)23(26(34)30-3)18-8-6-5-7-9-18/h5-9,14-15,21,23H,4,10-13H2,1-3H3,(H,30,34)/t21-,23+/m0/s1. The lowest BCUT2D eigenvalue weighted by Gasteiger charge is -2.41. The topological polar surface area (TPSA) is 50.2 Å². The molecule has 0 unspecified atom stereocenters. The SMILES string of the molecule is CCc1nc(Cl)c2n1CCN([C@@H](C(=O)NC)c1ccccc1)[C@H]2CCc1cc(F)c(C)c(F)c1. The van der Waals surface area contributed by atoms with Crippen LogP contribution in [0.15, 0.2) is 42.5 Å². The molecule has 1 aliphatic heterocycles. The summed E-state index contributed by atoms with van der Waals surface area (Å²) in [5.41, 5.74) is 2.31.